The van der Waals surface area contributed by atoms with E-state index in [1.54, 1.807) is 0 Å². The number of hydrogen-bond acceptors (Lipinski definition) is 7. The monoisotopic (exact) mass is 878 g/mol. The van der Waals surface area contributed by atoms with Crippen molar-refractivity contribution in [2.75, 3.05) is 26.4 Å². The highest BCUT2D eigenvalue weighted by Crippen LogP contribution is 2.42. The maximum atomic E-state index is 12.1. The van der Waals surface area contributed by atoms with Gasteiger partial charge < -0.3 is 20.1 Å². The molecule has 10 heteroatoms. The summed E-state index contributed by atoms with van der Waals surface area (Å²) in [6.07, 6.45) is 57.2. The molecule has 0 aliphatic rings. The number of carbonyl (C=O) groups excluding carboxylic acids is 2. The van der Waals surface area contributed by atoms with Crippen LogP contribution in [0.3, 0.4) is 0 Å². The maximum Gasteiger partial charge on any atom is 0.472 e. The maximum absolute atomic E-state index is 12.1. The van der Waals surface area contributed by atoms with Crippen LogP contribution in [-0.2, 0) is 27.9 Å². The zero-order chi connectivity index (χ0) is 44.6. The lowest BCUT2D eigenvalue weighted by Crippen LogP contribution is -2.27. The van der Waals surface area contributed by atoms with E-state index in [0.29, 0.717) is 6.42 Å². The minimum Gasteiger partial charge on any atom is -0.463 e. The van der Waals surface area contributed by atoms with Crippen molar-refractivity contribution in [1.82, 2.24) is 5.32 Å². The van der Waals surface area contributed by atoms with Crippen LogP contribution in [0.15, 0.2) is 60.8 Å². The number of allylic oxidation sites excluding steroid dienone is 10. The van der Waals surface area contributed by atoms with Gasteiger partial charge in [-0.15, -0.1) is 0 Å². The van der Waals surface area contributed by atoms with Crippen LogP contribution < -0.4 is 5.32 Å². The fourth-order valence-corrected chi connectivity index (χ4v) is 7.41. The minimum atomic E-state index is -4.43. The summed E-state index contributed by atoms with van der Waals surface area (Å²) in [5.41, 5.74) is 0. The van der Waals surface area contributed by atoms with Crippen LogP contribution in [0.25, 0.3) is 0 Å². The van der Waals surface area contributed by atoms with E-state index in [1.165, 1.54) is 122 Å². The number of unbranched alkanes of at least 4 members (excludes halogenated alkanes) is 23. The summed E-state index contributed by atoms with van der Waals surface area (Å²) >= 11 is 0. The predicted octanol–water partition coefficient (Wildman–Crippen LogP) is 14.4. The number of amides is 1. The lowest BCUT2D eigenvalue weighted by atomic mass is 10.0. The lowest BCUT2D eigenvalue weighted by Gasteiger charge is -2.15. The van der Waals surface area contributed by atoms with Gasteiger partial charge in [-0.2, -0.15) is 0 Å². The Hall–Kier alpha value is -2.29. The molecule has 0 rings (SSSR count). The van der Waals surface area contributed by atoms with E-state index in [2.05, 4.69) is 79.9 Å². The van der Waals surface area contributed by atoms with Gasteiger partial charge in [-0.1, -0.05) is 184 Å². The molecule has 0 radical (unpaired) electrons. The molecule has 0 saturated carbocycles. The van der Waals surface area contributed by atoms with Crippen molar-refractivity contribution in [3.63, 3.8) is 0 Å². The van der Waals surface area contributed by atoms with E-state index < -0.39 is 26.5 Å². The zero-order valence-electron chi connectivity index (χ0n) is 39.1. The standard InChI is InChI=1S/C51H92NO8P/c1-3-5-7-9-11-13-15-17-19-21-22-23-24-25-26-28-29-31-33-35-37-39-41-43-50(54)52-45-46-59-61(56,57)60-48-49(53)47-58-51(55)44-42-40-38-36-34-32-30-27-20-18-16-14-12-10-8-6-4-2/h11-14,17-20,22-23,49,53H,3-10,15-16,21,24-48H2,1-2H3,(H,52,54)(H,56,57)/b13-11-,14-12-,19-17-,20-18-,23-22-. The number of esters is 1. The van der Waals surface area contributed by atoms with Crippen molar-refractivity contribution in [3.8, 4) is 0 Å². The fourth-order valence-electron chi connectivity index (χ4n) is 6.65. The molecule has 3 N–H and O–H groups in total. The van der Waals surface area contributed by atoms with Crippen LogP contribution in [0.4, 0.5) is 0 Å². The summed E-state index contributed by atoms with van der Waals surface area (Å²) in [4.78, 5) is 34.0. The highest BCUT2D eigenvalue weighted by molar-refractivity contribution is 7.47. The molecule has 0 aromatic rings. The number of phosphoric ester groups is 1. The van der Waals surface area contributed by atoms with Gasteiger partial charge in [-0.3, -0.25) is 18.6 Å². The quantitative estimate of drug-likeness (QED) is 0.0238. The largest absolute Gasteiger partial charge is 0.472 e. The van der Waals surface area contributed by atoms with E-state index in [4.69, 9.17) is 13.8 Å². The molecule has 0 heterocycles. The van der Waals surface area contributed by atoms with Gasteiger partial charge in [0.2, 0.25) is 5.91 Å². The molecular formula is C51H92NO8P. The Morgan fingerprint density at radius 2 is 0.885 bits per heavy atom. The second-order valence-corrected chi connectivity index (χ2v) is 17.9. The van der Waals surface area contributed by atoms with Gasteiger partial charge in [0.15, 0.2) is 0 Å². The summed E-state index contributed by atoms with van der Waals surface area (Å²) in [7, 11) is -4.43. The van der Waals surface area contributed by atoms with E-state index in [1.807, 2.05) is 0 Å². The molecule has 9 nitrogen and oxygen atoms in total. The number of phosphoric acid groups is 1. The molecule has 0 aliphatic heterocycles. The highest BCUT2D eigenvalue weighted by Gasteiger charge is 2.23. The first kappa shape index (κ1) is 58.7. The number of nitrogens with one attached hydrogen (secondary N) is 1. The van der Waals surface area contributed by atoms with Gasteiger partial charge in [-0.05, 0) is 83.5 Å². The smallest absolute Gasteiger partial charge is 0.463 e. The van der Waals surface area contributed by atoms with E-state index >= 15 is 0 Å². The summed E-state index contributed by atoms with van der Waals surface area (Å²) in [5, 5.41) is 12.7. The molecule has 61 heavy (non-hydrogen) atoms. The van der Waals surface area contributed by atoms with Crippen molar-refractivity contribution in [2.45, 2.75) is 225 Å². The molecular weight excluding hydrogens is 786 g/mol. The number of aliphatic hydroxyl groups excluding tert-OH is 1. The molecule has 0 aromatic heterocycles. The zero-order valence-corrected chi connectivity index (χ0v) is 40.0. The van der Waals surface area contributed by atoms with E-state index in [9.17, 15) is 24.2 Å². The third-order valence-electron chi connectivity index (χ3n) is 10.4. The Bertz CT molecular complexity index is 1180. The SMILES string of the molecule is CCCCC/C=C\C/C=C\C/C=C\CCCCCCCCCCCCC(=O)NCCOP(=O)(O)OCC(O)COC(=O)CCCCCCCCC/C=C\C/C=C\CCCCC. The molecule has 0 saturated heterocycles. The van der Waals surface area contributed by atoms with Gasteiger partial charge in [0.25, 0.3) is 0 Å². The van der Waals surface area contributed by atoms with Gasteiger partial charge in [-0.25, -0.2) is 4.57 Å². The first-order chi connectivity index (χ1) is 29.8. The van der Waals surface area contributed by atoms with Crippen LogP contribution in [0, 0.1) is 0 Å². The molecule has 0 bridgehead atoms. The minimum absolute atomic E-state index is 0.0765. The summed E-state index contributed by atoms with van der Waals surface area (Å²) in [5.74, 6) is -0.527. The number of carbonyl (C=O) groups is 2. The number of aliphatic hydroxyl groups is 1. The Morgan fingerprint density at radius 3 is 1.33 bits per heavy atom. The molecule has 0 aliphatic carbocycles. The first-order valence-electron chi connectivity index (χ1n) is 24.8. The first-order valence-corrected chi connectivity index (χ1v) is 26.3. The number of hydrogen-bond donors (Lipinski definition) is 3. The Balaban J connectivity index is 3.58. The highest BCUT2D eigenvalue weighted by atomic mass is 31.2. The molecule has 2 atom stereocenters. The van der Waals surface area contributed by atoms with Crippen LogP contribution in [0.2, 0.25) is 0 Å². The van der Waals surface area contributed by atoms with Gasteiger partial charge in [0, 0.05) is 19.4 Å². The van der Waals surface area contributed by atoms with Crippen molar-refractivity contribution < 1.29 is 37.9 Å². The van der Waals surface area contributed by atoms with Crippen LogP contribution >= 0.6 is 7.82 Å². The Morgan fingerprint density at radius 1 is 0.508 bits per heavy atom. The van der Waals surface area contributed by atoms with E-state index in [0.717, 1.165) is 70.6 Å². The van der Waals surface area contributed by atoms with E-state index in [-0.39, 0.29) is 32.1 Å². The van der Waals surface area contributed by atoms with Crippen LogP contribution in [0.5, 0.6) is 0 Å². The Kier molecular flexibility index (Phi) is 45.4. The van der Waals surface area contributed by atoms with Crippen LogP contribution in [0.1, 0.15) is 219 Å². The topological polar surface area (TPSA) is 131 Å². The van der Waals surface area contributed by atoms with Crippen LogP contribution in [-0.4, -0.2) is 54.3 Å². The average molecular weight is 878 g/mol. The molecule has 1 amide bonds. The van der Waals surface area contributed by atoms with Gasteiger partial charge in [0.05, 0.1) is 13.2 Å². The molecule has 354 valence electrons. The van der Waals surface area contributed by atoms with Crippen molar-refractivity contribution in [2.24, 2.45) is 0 Å². The summed E-state index contributed by atoms with van der Waals surface area (Å²) < 4.78 is 27.0. The van der Waals surface area contributed by atoms with Gasteiger partial charge in [0.1, 0.15) is 12.7 Å². The van der Waals surface area contributed by atoms with Crippen molar-refractivity contribution in [1.29, 1.82) is 0 Å². The molecule has 0 spiro atoms. The second-order valence-electron chi connectivity index (χ2n) is 16.4. The molecule has 0 fully saturated rings. The summed E-state index contributed by atoms with van der Waals surface area (Å²) in [6.45, 7) is 3.50. The third kappa shape index (κ3) is 48.6. The number of rotatable bonds is 46. The van der Waals surface area contributed by atoms with Gasteiger partial charge >= 0.3 is 13.8 Å². The Labute approximate surface area is 374 Å². The normalized spacial score (nSPS) is 13.7. The molecule has 2 unspecified atom stereocenters. The third-order valence-corrected chi connectivity index (χ3v) is 11.4. The molecule has 0 aromatic carbocycles. The second kappa shape index (κ2) is 47.2. The number of ether oxygens (including phenoxy) is 1. The fraction of sp³-hybridized carbons (Fsp3) is 0.765. The lowest BCUT2D eigenvalue weighted by molar-refractivity contribution is -0.147. The summed E-state index contributed by atoms with van der Waals surface area (Å²) in [6, 6.07) is 0. The average Bonchev–Trinajstić information content (AvgIpc) is 3.25. The van der Waals surface area contributed by atoms with Crippen molar-refractivity contribution >= 4 is 19.7 Å². The predicted molar refractivity (Wildman–Crippen MR) is 256 cm³/mol. The van der Waals surface area contributed by atoms with Crippen molar-refractivity contribution in [3.05, 3.63) is 60.8 Å².